The highest BCUT2D eigenvalue weighted by Gasteiger charge is 2.52. The summed E-state index contributed by atoms with van der Waals surface area (Å²) in [7, 11) is -3.68. The van der Waals surface area contributed by atoms with E-state index in [1.807, 2.05) is 6.92 Å². The summed E-state index contributed by atoms with van der Waals surface area (Å²) in [4.78, 5) is 0.236. The van der Waals surface area contributed by atoms with Gasteiger partial charge >= 0.3 is 0 Å². The molecule has 8 nitrogen and oxygen atoms in total. The Labute approximate surface area is 251 Å². The van der Waals surface area contributed by atoms with Gasteiger partial charge in [-0.15, -0.1) is 0 Å². The molecule has 6 aliphatic rings. The first-order chi connectivity index (χ1) is 20.2. The van der Waals surface area contributed by atoms with E-state index < -0.39 is 10.1 Å². The Morgan fingerprint density at radius 2 is 1.26 bits per heavy atom. The number of hydrogen-bond acceptors (Lipinski definition) is 8. The summed E-state index contributed by atoms with van der Waals surface area (Å²) in [5, 5.41) is 9.27. The smallest absolute Gasteiger partial charge is 0.296 e. The van der Waals surface area contributed by atoms with E-state index in [9.17, 15) is 13.5 Å². The molecule has 2 heterocycles. The van der Waals surface area contributed by atoms with Gasteiger partial charge in [-0.25, -0.2) is 0 Å². The molecule has 6 fully saturated rings. The lowest BCUT2D eigenvalue weighted by Gasteiger charge is -2.43. The average molecular weight is 607 g/mol. The predicted octanol–water partition coefficient (Wildman–Crippen LogP) is 5.89. The van der Waals surface area contributed by atoms with Gasteiger partial charge in [0.05, 0.1) is 37.9 Å². The van der Waals surface area contributed by atoms with Crippen LogP contribution in [0.25, 0.3) is 0 Å². The molecule has 4 saturated carbocycles. The van der Waals surface area contributed by atoms with Crippen LogP contribution in [0, 0.1) is 29.6 Å². The summed E-state index contributed by atoms with van der Waals surface area (Å²) in [5.74, 6) is 0.188. The molecule has 0 bridgehead atoms. The Balaban J connectivity index is 0.000000168. The normalized spacial score (nSPS) is 35.3. The van der Waals surface area contributed by atoms with Crippen LogP contribution in [-0.2, 0) is 33.2 Å². The Morgan fingerprint density at radius 3 is 1.76 bits per heavy atom. The van der Waals surface area contributed by atoms with E-state index in [-0.39, 0.29) is 34.4 Å². The van der Waals surface area contributed by atoms with Crippen LogP contribution in [-0.4, -0.2) is 64.7 Å². The first-order valence-electron chi connectivity index (χ1n) is 16.3. The van der Waals surface area contributed by atoms with Crippen LogP contribution in [0.2, 0.25) is 0 Å². The molecule has 0 unspecified atom stereocenters. The molecule has 0 aromatic heterocycles. The fraction of sp³-hybridized carbons (Fsp3) is 0.818. The summed E-state index contributed by atoms with van der Waals surface area (Å²) in [6, 6.07) is 6.81. The fourth-order valence-electron chi connectivity index (χ4n) is 9.13. The number of aliphatic hydroxyl groups excluding tert-OH is 1. The molecule has 7 rings (SSSR count). The van der Waals surface area contributed by atoms with Crippen molar-refractivity contribution in [3.8, 4) is 0 Å². The molecule has 236 valence electrons. The predicted molar refractivity (Wildman–Crippen MR) is 157 cm³/mol. The highest BCUT2D eigenvalue weighted by molar-refractivity contribution is 7.86. The molecule has 42 heavy (non-hydrogen) atoms. The van der Waals surface area contributed by atoms with E-state index in [0.29, 0.717) is 31.2 Å². The van der Waals surface area contributed by atoms with Crippen molar-refractivity contribution in [2.75, 3.05) is 39.6 Å². The lowest BCUT2D eigenvalue weighted by molar-refractivity contribution is -0.202. The monoisotopic (exact) mass is 606 g/mol. The third-order valence-electron chi connectivity index (χ3n) is 11.1. The second kappa shape index (κ2) is 12.4. The van der Waals surface area contributed by atoms with Crippen molar-refractivity contribution in [2.24, 2.45) is 22.7 Å². The Bertz CT molecular complexity index is 1160. The van der Waals surface area contributed by atoms with Crippen LogP contribution in [0.3, 0.4) is 0 Å². The van der Waals surface area contributed by atoms with E-state index in [0.717, 1.165) is 70.1 Å². The molecule has 2 aliphatic heterocycles. The molecule has 0 amide bonds. The van der Waals surface area contributed by atoms with Gasteiger partial charge in [-0.05, 0) is 106 Å². The number of aliphatic hydroxyl groups is 1. The summed E-state index contributed by atoms with van der Waals surface area (Å²) in [6.45, 7) is 5.47. The second-order valence-electron chi connectivity index (χ2n) is 14.2. The van der Waals surface area contributed by atoms with Crippen LogP contribution >= 0.6 is 0 Å². The van der Waals surface area contributed by atoms with Crippen molar-refractivity contribution in [2.45, 2.75) is 113 Å². The molecule has 4 spiro atoms. The van der Waals surface area contributed by atoms with Gasteiger partial charge in [-0.1, -0.05) is 17.7 Å². The zero-order chi connectivity index (χ0) is 29.3. The molecule has 0 radical (unpaired) electrons. The Kier molecular flexibility index (Phi) is 9.11. The van der Waals surface area contributed by atoms with Crippen molar-refractivity contribution in [1.82, 2.24) is 0 Å². The van der Waals surface area contributed by atoms with E-state index in [1.54, 1.807) is 24.3 Å². The summed E-state index contributed by atoms with van der Waals surface area (Å²) in [6.07, 6.45) is 15.6. The molecule has 9 heteroatoms. The van der Waals surface area contributed by atoms with E-state index >= 15 is 0 Å². The maximum atomic E-state index is 12.4. The zero-order valence-corrected chi connectivity index (χ0v) is 26.1. The van der Waals surface area contributed by atoms with Crippen LogP contribution < -0.4 is 0 Å². The van der Waals surface area contributed by atoms with Gasteiger partial charge in [0, 0.05) is 32.3 Å². The minimum absolute atomic E-state index is 0.226. The number of hydrogen-bond donors (Lipinski definition) is 1. The number of benzene rings is 1. The molecular formula is C33H50O8S. The molecule has 2 saturated heterocycles. The van der Waals surface area contributed by atoms with E-state index in [2.05, 4.69) is 0 Å². The van der Waals surface area contributed by atoms with Crippen molar-refractivity contribution in [3.05, 3.63) is 29.8 Å². The second-order valence-corrected chi connectivity index (χ2v) is 15.8. The van der Waals surface area contributed by atoms with Crippen molar-refractivity contribution >= 4 is 10.1 Å². The van der Waals surface area contributed by atoms with Crippen LogP contribution in [0.15, 0.2) is 29.2 Å². The summed E-state index contributed by atoms with van der Waals surface area (Å²) >= 11 is 0. The molecule has 4 atom stereocenters. The lowest BCUT2D eigenvalue weighted by atomic mass is 9.70. The largest absolute Gasteiger partial charge is 0.396 e. The van der Waals surface area contributed by atoms with Crippen molar-refractivity contribution in [1.29, 1.82) is 0 Å². The van der Waals surface area contributed by atoms with Crippen LogP contribution in [0.5, 0.6) is 0 Å². The molecular weight excluding hydrogens is 556 g/mol. The molecule has 1 N–H and O–H groups in total. The lowest BCUT2D eigenvalue weighted by Crippen LogP contribution is -2.41. The molecule has 1 aromatic rings. The first-order valence-corrected chi connectivity index (χ1v) is 17.7. The van der Waals surface area contributed by atoms with E-state index in [4.69, 9.17) is 23.1 Å². The van der Waals surface area contributed by atoms with Crippen molar-refractivity contribution < 1.29 is 36.7 Å². The molecule has 1 aromatic carbocycles. The highest BCUT2D eigenvalue weighted by atomic mass is 32.2. The van der Waals surface area contributed by atoms with Gasteiger partial charge in [0.25, 0.3) is 10.1 Å². The van der Waals surface area contributed by atoms with Crippen LogP contribution in [0.1, 0.15) is 95.5 Å². The minimum Gasteiger partial charge on any atom is -0.396 e. The fourth-order valence-corrected chi connectivity index (χ4v) is 10.1. The molecule has 4 aliphatic carbocycles. The maximum absolute atomic E-state index is 12.4. The van der Waals surface area contributed by atoms with Gasteiger partial charge in [-0.3, -0.25) is 4.18 Å². The number of rotatable bonds is 5. The highest BCUT2D eigenvalue weighted by Crippen LogP contribution is 2.56. The van der Waals surface area contributed by atoms with Gasteiger partial charge in [0.1, 0.15) is 0 Å². The third kappa shape index (κ3) is 6.77. The standard InChI is InChI=1S/C20H28O5S.C13H22O3/c1-16-3-5-18(6-4-16)26(21,22)25-14-17-7-10-19(13-17)8-2-9-20(15-19)23-11-12-24-20;14-9-11-2-5-12(8-11)3-1-4-13(10-12)15-6-7-16-13/h3-6,17H,2,7-15H2,1H3;11,14H,1-10H2/t17-,19+;11-,12+/m11/s1. The number of aryl methyl sites for hydroxylation is 1. The van der Waals surface area contributed by atoms with Gasteiger partial charge < -0.3 is 24.1 Å². The zero-order valence-electron chi connectivity index (χ0n) is 25.3. The summed E-state index contributed by atoms with van der Waals surface area (Å²) in [5.41, 5.74) is 1.67. The third-order valence-corrected chi connectivity index (χ3v) is 12.4. The van der Waals surface area contributed by atoms with Gasteiger partial charge in [0.15, 0.2) is 11.6 Å². The first kappa shape index (κ1) is 30.9. The maximum Gasteiger partial charge on any atom is 0.296 e. The number of ether oxygens (including phenoxy) is 4. The van der Waals surface area contributed by atoms with E-state index in [1.165, 1.54) is 38.5 Å². The summed E-state index contributed by atoms with van der Waals surface area (Å²) < 4.78 is 53.8. The topological polar surface area (TPSA) is 101 Å². The minimum atomic E-state index is -3.68. The Morgan fingerprint density at radius 1 is 0.762 bits per heavy atom. The quantitative estimate of drug-likeness (QED) is 0.415. The van der Waals surface area contributed by atoms with Crippen molar-refractivity contribution in [3.63, 3.8) is 0 Å². The SMILES string of the molecule is Cc1ccc(S(=O)(=O)OC[C@@H]2CC[C@@]3(CCCC4(C3)OCCO4)C2)cc1.OC[C@@H]1CC[C@@]2(CCCC3(C2)OCCO3)C1. The Hall–Kier alpha value is -1.07. The van der Waals surface area contributed by atoms with Crippen LogP contribution in [0.4, 0.5) is 0 Å². The average Bonchev–Trinajstić information content (AvgIpc) is 3.78. The van der Waals surface area contributed by atoms with Gasteiger partial charge in [-0.2, -0.15) is 8.42 Å². The van der Waals surface area contributed by atoms with Gasteiger partial charge in [0.2, 0.25) is 0 Å².